The van der Waals surface area contributed by atoms with Crippen LogP contribution in [0.4, 0.5) is 0 Å². The van der Waals surface area contributed by atoms with Crippen LogP contribution < -0.4 is 0 Å². The third-order valence-electron chi connectivity index (χ3n) is 2.27. The summed E-state index contributed by atoms with van der Waals surface area (Å²) in [5.74, 6) is -0.389. The van der Waals surface area contributed by atoms with Crippen molar-refractivity contribution in [1.29, 1.82) is 0 Å². The van der Waals surface area contributed by atoms with Crippen LogP contribution in [0, 0.1) is 0 Å². The van der Waals surface area contributed by atoms with Crippen molar-refractivity contribution in [2.45, 2.75) is 19.3 Å². The predicted molar refractivity (Wildman–Crippen MR) is 61.4 cm³/mol. The van der Waals surface area contributed by atoms with Gasteiger partial charge < -0.3 is 4.74 Å². The Labute approximate surface area is 97.7 Å². The molecule has 0 saturated carbocycles. The number of alkyl halides is 1. The number of halogens is 1. The molecular weight excluding hydrogens is 260 g/mol. The molecule has 0 aromatic carbocycles. The van der Waals surface area contributed by atoms with Crippen molar-refractivity contribution in [2.75, 3.05) is 12.4 Å². The molecule has 4 nitrogen and oxygen atoms in total. The largest absolute Gasteiger partial charge is 0.464 e. The number of aromatic nitrogens is 2. The molecule has 1 heterocycles. The van der Waals surface area contributed by atoms with Gasteiger partial charge in [0.25, 0.3) is 0 Å². The minimum Gasteiger partial charge on any atom is -0.464 e. The highest BCUT2D eigenvalue weighted by atomic mass is 79.9. The van der Waals surface area contributed by atoms with Gasteiger partial charge in [-0.1, -0.05) is 29.8 Å². The van der Waals surface area contributed by atoms with E-state index in [1.54, 1.807) is 11.7 Å². The van der Waals surface area contributed by atoms with Crippen LogP contribution in [0.15, 0.2) is 6.20 Å². The van der Waals surface area contributed by atoms with Crippen LogP contribution in [0.3, 0.4) is 0 Å². The van der Waals surface area contributed by atoms with Crippen LogP contribution in [0.5, 0.6) is 0 Å². The van der Waals surface area contributed by atoms with Gasteiger partial charge in [0.05, 0.1) is 7.11 Å². The summed E-state index contributed by atoms with van der Waals surface area (Å²) >= 11 is 3.43. The fraction of sp³-hybridized carbons (Fsp3) is 0.600. The Kier molecular flexibility index (Phi) is 3.54. The van der Waals surface area contributed by atoms with Crippen molar-refractivity contribution in [3.05, 3.63) is 17.5 Å². The number of carbonyl (C=O) groups is 1. The summed E-state index contributed by atoms with van der Waals surface area (Å²) in [4.78, 5) is 11.5. The van der Waals surface area contributed by atoms with Gasteiger partial charge in [-0.25, -0.2) is 4.79 Å². The first-order chi connectivity index (χ1) is 6.92. The van der Waals surface area contributed by atoms with E-state index < -0.39 is 0 Å². The molecule has 5 heteroatoms. The number of methoxy groups -OCH3 is 1. The molecule has 0 atom stereocenters. The van der Waals surface area contributed by atoms with Gasteiger partial charge in [-0.05, 0) is 0 Å². The normalized spacial score (nSPS) is 11.5. The van der Waals surface area contributed by atoms with Crippen LogP contribution in [-0.2, 0) is 17.2 Å². The van der Waals surface area contributed by atoms with E-state index in [4.69, 9.17) is 4.74 Å². The Balaban J connectivity index is 3.23. The molecule has 0 bridgehead atoms. The van der Waals surface area contributed by atoms with Crippen molar-refractivity contribution in [3.8, 4) is 0 Å². The van der Waals surface area contributed by atoms with Crippen molar-refractivity contribution < 1.29 is 9.53 Å². The Morgan fingerprint density at radius 1 is 1.67 bits per heavy atom. The average Bonchev–Trinajstić information content (AvgIpc) is 2.60. The van der Waals surface area contributed by atoms with Gasteiger partial charge in [-0.3, -0.25) is 4.68 Å². The molecule has 0 spiro atoms. The molecule has 84 valence electrons. The predicted octanol–water partition coefficient (Wildman–Crippen LogP) is 1.88. The highest BCUT2D eigenvalue weighted by molar-refractivity contribution is 9.09. The van der Waals surface area contributed by atoms with Crippen LogP contribution in [0.2, 0.25) is 0 Å². The molecule has 1 rings (SSSR count). The molecule has 0 saturated heterocycles. The van der Waals surface area contributed by atoms with Gasteiger partial charge in [0, 0.05) is 29.6 Å². The first-order valence-corrected chi connectivity index (χ1v) is 5.73. The summed E-state index contributed by atoms with van der Waals surface area (Å²) < 4.78 is 6.33. The van der Waals surface area contributed by atoms with Gasteiger partial charge in [0.2, 0.25) is 0 Å². The van der Waals surface area contributed by atoms with E-state index in [-0.39, 0.29) is 11.4 Å². The zero-order chi connectivity index (χ0) is 11.6. The third-order valence-corrected chi connectivity index (χ3v) is 3.67. The van der Waals surface area contributed by atoms with E-state index in [1.807, 2.05) is 20.0 Å². The average molecular weight is 275 g/mol. The first-order valence-electron chi connectivity index (χ1n) is 4.61. The number of carbonyl (C=O) groups excluding carboxylic acids is 1. The molecule has 0 amide bonds. The molecule has 0 N–H and O–H groups in total. The second-order valence-corrected chi connectivity index (χ2v) is 4.63. The van der Waals surface area contributed by atoms with Crippen LogP contribution >= 0.6 is 15.9 Å². The topological polar surface area (TPSA) is 44.1 Å². The second-order valence-electron chi connectivity index (χ2n) is 4.07. The second kappa shape index (κ2) is 4.35. The molecule has 1 aromatic heterocycles. The van der Waals surface area contributed by atoms with Gasteiger partial charge in [-0.15, -0.1) is 0 Å². The molecule has 0 aliphatic carbocycles. The lowest BCUT2D eigenvalue weighted by atomic mass is 9.87. The van der Waals surface area contributed by atoms with Crippen molar-refractivity contribution >= 4 is 21.9 Å². The molecule has 0 fully saturated rings. The van der Waals surface area contributed by atoms with E-state index in [2.05, 4.69) is 21.0 Å². The quantitative estimate of drug-likeness (QED) is 0.625. The molecule has 1 aromatic rings. The van der Waals surface area contributed by atoms with E-state index in [1.165, 1.54) is 7.11 Å². The van der Waals surface area contributed by atoms with E-state index in [0.717, 1.165) is 10.9 Å². The maximum absolute atomic E-state index is 11.5. The number of ether oxygens (including phenoxy) is 1. The number of aryl methyl sites for hydroxylation is 1. The van der Waals surface area contributed by atoms with Gasteiger partial charge >= 0.3 is 5.97 Å². The minimum absolute atomic E-state index is 0.141. The minimum atomic E-state index is -0.389. The van der Waals surface area contributed by atoms with Crippen molar-refractivity contribution in [3.63, 3.8) is 0 Å². The highest BCUT2D eigenvalue weighted by Gasteiger charge is 2.28. The number of hydrogen-bond acceptors (Lipinski definition) is 3. The van der Waals surface area contributed by atoms with Gasteiger partial charge in [-0.2, -0.15) is 5.10 Å². The smallest absolute Gasteiger partial charge is 0.358 e. The van der Waals surface area contributed by atoms with Crippen LogP contribution in [0.25, 0.3) is 0 Å². The Morgan fingerprint density at radius 3 is 2.73 bits per heavy atom. The van der Waals surface area contributed by atoms with E-state index >= 15 is 0 Å². The summed E-state index contributed by atoms with van der Waals surface area (Å²) in [5, 5.41) is 4.88. The maximum atomic E-state index is 11.5. The third kappa shape index (κ3) is 2.40. The number of nitrogens with zero attached hydrogens (tertiary/aromatic N) is 2. The summed E-state index contributed by atoms with van der Waals surface area (Å²) in [7, 11) is 3.15. The summed E-state index contributed by atoms with van der Waals surface area (Å²) in [6.07, 6.45) is 1.85. The molecule has 0 aliphatic rings. The Bertz CT molecular complexity index is 371. The molecule has 0 aliphatic heterocycles. The fourth-order valence-corrected chi connectivity index (χ4v) is 1.61. The number of rotatable bonds is 3. The molecule has 15 heavy (non-hydrogen) atoms. The number of esters is 1. The maximum Gasteiger partial charge on any atom is 0.358 e. The lowest BCUT2D eigenvalue weighted by molar-refractivity contribution is 0.0590. The summed E-state index contributed by atoms with van der Waals surface area (Å²) in [5.41, 5.74) is 1.15. The molecule has 0 radical (unpaired) electrons. The molecule has 0 unspecified atom stereocenters. The van der Waals surface area contributed by atoms with Crippen LogP contribution in [0.1, 0.15) is 29.9 Å². The zero-order valence-corrected chi connectivity index (χ0v) is 11.0. The molecular formula is C10H15BrN2O2. The Morgan fingerprint density at radius 2 is 2.27 bits per heavy atom. The van der Waals surface area contributed by atoms with Gasteiger partial charge in [0.1, 0.15) is 0 Å². The summed E-state index contributed by atoms with van der Waals surface area (Å²) in [6, 6.07) is 0. The monoisotopic (exact) mass is 274 g/mol. The number of hydrogen-bond donors (Lipinski definition) is 0. The fourth-order valence-electron chi connectivity index (χ4n) is 1.30. The van der Waals surface area contributed by atoms with Crippen molar-refractivity contribution in [2.24, 2.45) is 7.05 Å². The zero-order valence-electron chi connectivity index (χ0n) is 9.37. The SMILES string of the molecule is COC(=O)c1nn(C)cc1C(C)(C)CBr. The lowest BCUT2D eigenvalue weighted by Crippen LogP contribution is -2.22. The van der Waals surface area contributed by atoms with Gasteiger partial charge in [0.15, 0.2) is 5.69 Å². The van der Waals surface area contributed by atoms with E-state index in [9.17, 15) is 4.79 Å². The first kappa shape index (κ1) is 12.2. The standard InChI is InChI=1S/C10H15BrN2O2/c1-10(2,6-11)7-5-13(3)12-8(7)9(14)15-4/h5H,6H2,1-4H3. The van der Waals surface area contributed by atoms with Crippen molar-refractivity contribution in [1.82, 2.24) is 9.78 Å². The lowest BCUT2D eigenvalue weighted by Gasteiger charge is -2.20. The highest BCUT2D eigenvalue weighted by Crippen LogP contribution is 2.28. The summed E-state index contributed by atoms with van der Waals surface area (Å²) in [6.45, 7) is 4.09. The Hall–Kier alpha value is -0.840. The van der Waals surface area contributed by atoms with E-state index in [0.29, 0.717) is 5.69 Å². The van der Waals surface area contributed by atoms with Crippen LogP contribution in [-0.4, -0.2) is 28.2 Å².